The summed E-state index contributed by atoms with van der Waals surface area (Å²) in [6, 6.07) is 2.06. The molecule has 0 saturated carbocycles. The molecule has 0 aliphatic carbocycles. The van der Waals surface area contributed by atoms with E-state index in [0.717, 1.165) is 12.1 Å². The van der Waals surface area contributed by atoms with Gasteiger partial charge in [0.25, 0.3) is 0 Å². The molecular formula is C11H13F2NO2S. The Balaban J connectivity index is 2.65. The zero-order valence-electron chi connectivity index (χ0n) is 9.30. The molecule has 0 heterocycles. The quantitative estimate of drug-likeness (QED) is 0.789. The molecule has 1 aromatic rings. The highest BCUT2D eigenvalue weighted by atomic mass is 32.1. The van der Waals surface area contributed by atoms with E-state index in [2.05, 4.69) is 22.7 Å². The highest BCUT2D eigenvalue weighted by Crippen LogP contribution is 2.21. The van der Waals surface area contributed by atoms with Crippen LogP contribution in [-0.4, -0.2) is 25.3 Å². The Hall–Kier alpha value is -1.30. The zero-order valence-corrected chi connectivity index (χ0v) is 10.2. The van der Waals surface area contributed by atoms with Gasteiger partial charge in [0.15, 0.2) is 11.6 Å². The highest BCUT2D eigenvalue weighted by molar-refractivity contribution is 7.81. The maximum Gasteiger partial charge on any atom is 0.229 e. The Morgan fingerprint density at radius 3 is 2.71 bits per heavy atom. The van der Waals surface area contributed by atoms with Gasteiger partial charge in [-0.15, -0.1) is 0 Å². The molecule has 1 amide bonds. The molecule has 0 aromatic heterocycles. The van der Waals surface area contributed by atoms with Crippen LogP contribution in [0, 0.1) is 11.6 Å². The number of hydrogen-bond acceptors (Lipinski definition) is 3. The van der Waals surface area contributed by atoms with E-state index in [0.29, 0.717) is 0 Å². The molecule has 6 heteroatoms. The number of methoxy groups -OCH3 is 1. The number of carbonyl (C=O) groups excluding carboxylic acids is 1. The number of ether oxygens (including phenoxy) is 1. The summed E-state index contributed by atoms with van der Waals surface area (Å²) in [7, 11) is 1.27. The van der Waals surface area contributed by atoms with Crippen LogP contribution in [-0.2, 0) is 11.2 Å². The third-order valence-corrected chi connectivity index (χ3v) is 2.47. The Labute approximate surface area is 104 Å². The smallest absolute Gasteiger partial charge is 0.229 e. The van der Waals surface area contributed by atoms with Gasteiger partial charge in [-0.3, -0.25) is 4.79 Å². The molecule has 94 valence electrons. The number of rotatable bonds is 5. The van der Waals surface area contributed by atoms with Crippen molar-refractivity contribution in [3.05, 3.63) is 29.3 Å². The van der Waals surface area contributed by atoms with Gasteiger partial charge in [-0.1, -0.05) is 0 Å². The van der Waals surface area contributed by atoms with Crippen molar-refractivity contribution in [2.45, 2.75) is 6.42 Å². The first-order valence-electron chi connectivity index (χ1n) is 4.98. The summed E-state index contributed by atoms with van der Waals surface area (Å²) >= 11 is 3.78. The number of hydrogen-bond donors (Lipinski definition) is 2. The fourth-order valence-electron chi connectivity index (χ4n) is 1.31. The van der Waals surface area contributed by atoms with Crippen LogP contribution in [0.25, 0.3) is 0 Å². The summed E-state index contributed by atoms with van der Waals surface area (Å²) in [4.78, 5) is 10.9. The van der Waals surface area contributed by atoms with Crippen LogP contribution in [0.3, 0.4) is 0 Å². The standard InChI is InChI=1S/C11H13F2NO2S/c1-16-10-5-8(12)7(4-9(10)13)2-3-14-11(15)6-17/h4-5,17H,2-3,6H2,1H3,(H,14,15). The first-order valence-corrected chi connectivity index (χ1v) is 5.61. The fourth-order valence-corrected chi connectivity index (χ4v) is 1.42. The molecule has 0 aliphatic heterocycles. The van der Waals surface area contributed by atoms with E-state index in [4.69, 9.17) is 0 Å². The summed E-state index contributed by atoms with van der Waals surface area (Å²) in [6.45, 7) is 0.238. The molecular weight excluding hydrogens is 248 g/mol. The molecule has 0 spiro atoms. The lowest BCUT2D eigenvalue weighted by molar-refractivity contribution is -0.118. The Bertz CT molecular complexity index is 413. The number of thiol groups is 1. The molecule has 0 radical (unpaired) electrons. The van der Waals surface area contributed by atoms with Crippen LogP contribution in [0.4, 0.5) is 8.78 Å². The van der Waals surface area contributed by atoms with E-state index >= 15 is 0 Å². The van der Waals surface area contributed by atoms with Crippen LogP contribution in [0.15, 0.2) is 12.1 Å². The van der Waals surface area contributed by atoms with Crippen molar-refractivity contribution in [3.8, 4) is 5.75 Å². The molecule has 3 nitrogen and oxygen atoms in total. The van der Waals surface area contributed by atoms with E-state index in [1.807, 2.05) is 0 Å². The van der Waals surface area contributed by atoms with Gasteiger partial charge < -0.3 is 10.1 Å². The Morgan fingerprint density at radius 2 is 2.12 bits per heavy atom. The van der Waals surface area contributed by atoms with E-state index in [1.165, 1.54) is 7.11 Å². The van der Waals surface area contributed by atoms with Crippen LogP contribution in [0.5, 0.6) is 5.75 Å². The van der Waals surface area contributed by atoms with E-state index in [1.54, 1.807) is 0 Å². The van der Waals surface area contributed by atoms with Gasteiger partial charge in [0.1, 0.15) is 5.82 Å². The molecule has 0 unspecified atom stereocenters. The third-order valence-electron chi connectivity index (χ3n) is 2.18. The van der Waals surface area contributed by atoms with Gasteiger partial charge in [-0.25, -0.2) is 8.78 Å². The predicted octanol–water partition coefficient (Wildman–Crippen LogP) is 1.56. The van der Waals surface area contributed by atoms with Gasteiger partial charge >= 0.3 is 0 Å². The van der Waals surface area contributed by atoms with Gasteiger partial charge in [0.05, 0.1) is 12.9 Å². The van der Waals surface area contributed by atoms with Gasteiger partial charge in [-0.05, 0) is 18.1 Å². The van der Waals surface area contributed by atoms with Crippen molar-refractivity contribution in [1.29, 1.82) is 0 Å². The number of nitrogens with one attached hydrogen (secondary N) is 1. The largest absolute Gasteiger partial charge is 0.494 e. The van der Waals surface area contributed by atoms with Crippen molar-refractivity contribution < 1.29 is 18.3 Å². The molecule has 0 atom stereocenters. The zero-order chi connectivity index (χ0) is 12.8. The number of benzene rings is 1. The maximum atomic E-state index is 13.4. The number of carbonyl (C=O) groups is 1. The van der Waals surface area contributed by atoms with Crippen molar-refractivity contribution in [1.82, 2.24) is 5.32 Å². The molecule has 0 saturated heterocycles. The Kier molecular flexibility index (Phi) is 5.21. The lowest BCUT2D eigenvalue weighted by Gasteiger charge is -2.07. The SMILES string of the molecule is COc1cc(F)c(CCNC(=O)CS)cc1F. The lowest BCUT2D eigenvalue weighted by Crippen LogP contribution is -2.26. The summed E-state index contributed by atoms with van der Waals surface area (Å²) in [6.07, 6.45) is 0.215. The molecule has 1 rings (SSSR count). The number of halogens is 2. The maximum absolute atomic E-state index is 13.4. The van der Waals surface area contributed by atoms with E-state index in [-0.39, 0.29) is 35.9 Å². The van der Waals surface area contributed by atoms with E-state index in [9.17, 15) is 13.6 Å². The van der Waals surface area contributed by atoms with Crippen LogP contribution < -0.4 is 10.1 Å². The number of amides is 1. The summed E-state index contributed by atoms with van der Waals surface area (Å²) in [5, 5.41) is 2.52. The van der Waals surface area contributed by atoms with Crippen molar-refractivity contribution in [3.63, 3.8) is 0 Å². The second-order valence-electron chi connectivity index (χ2n) is 3.34. The lowest BCUT2D eigenvalue weighted by atomic mass is 10.1. The first kappa shape index (κ1) is 13.8. The third kappa shape index (κ3) is 3.89. The molecule has 0 fully saturated rings. The summed E-state index contributed by atoms with van der Waals surface area (Å²) in [5.41, 5.74) is 0.197. The molecule has 0 aliphatic rings. The van der Waals surface area contributed by atoms with Crippen molar-refractivity contribution >= 4 is 18.5 Å². The summed E-state index contributed by atoms with van der Waals surface area (Å²) in [5.74, 6) is -1.49. The summed E-state index contributed by atoms with van der Waals surface area (Å²) < 4.78 is 31.4. The molecule has 1 aromatic carbocycles. The van der Waals surface area contributed by atoms with Gasteiger partial charge in [0, 0.05) is 12.6 Å². The van der Waals surface area contributed by atoms with Crippen molar-refractivity contribution in [2.24, 2.45) is 0 Å². The predicted molar refractivity (Wildman–Crippen MR) is 63.5 cm³/mol. The second kappa shape index (κ2) is 6.44. The molecule has 0 bridgehead atoms. The minimum Gasteiger partial charge on any atom is -0.494 e. The topological polar surface area (TPSA) is 38.3 Å². The Morgan fingerprint density at radius 1 is 1.41 bits per heavy atom. The highest BCUT2D eigenvalue weighted by Gasteiger charge is 2.10. The monoisotopic (exact) mass is 261 g/mol. The molecule has 17 heavy (non-hydrogen) atoms. The first-order chi connectivity index (χ1) is 8.08. The second-order valence-corrected chi connectivity index (χ2v) is 3.65. The average molecular weight is 261 g/mol. The van der Waals surface area contributed by atoms with Crippen LogP contribution >= 0.6 is 12.6 Å². The van der Waals surface area contributed by atoms with Crippen LogP contribution in [0.2, 0.25) is 0 Å². The minimum atomic E-state index is -0.621. The van der Waals surface area contributed by atoms with Crippen LogP contribution in [0.1, 0.15) is 5.56 Å². The van der Waals surface area contributed by atoms with E-state index < -0.39 is 11.6 Å². The van der Waals surface area contributed by atoms with Gasteiger partial charge in [0.2, 0.25) is 5.91 Å². The minimum absolute atomic E-state index is 0.0689. The average Bonchev–Trinajstić information content (AvgIpc) is 2.32. The normalized spacial score (nSPS) is 10.1. The van der Waals surface area contributed by atoms with Crippen molar-refractivity contribution in [2.75, 3.05) is 19.4 Å². The molecule has 1 N–H and O–H groups in total. The van der Waals surface area contributed by atoms with Gasteiger partial charge in [-0.2, -0.15) is 12.6 Å². The fraction of sp³-hybridized carbons (Fsp3) is 0.364.